The third-order valence-corrected chi connectivity index (χ3v) is 7.18. The van der Waals surface area contributed by atoms with Gasteiger partial charge in [-0.2, -0.15) is 0 Å². The summed E-state index contributed by atoms with van der Waals surface area (Å²) in [5.74, 6) is -1.21. The van der Waals surface area contributed by atoms with Crippen molar-refractivity contribution in [2.45, 2.75) is 36.6 Å². The highest BCUT2D eigenvalue weighted by Gasteiger charge is 2.32. The number of carboxylic acid groups (broad SMARTS) is 1. The Morgan fingerprint density at radius 3 is 2.96 bits per heavy atom. The van der Waals surface area contributed by atoms with Gasteiger partial charge in [0, 0.05) is 42.5 Å². The Kier molecular flexibility index (Phi) is 5.13. The highest BCUT2D eigenvalue weighted by atomic mass is 32.2. The lowest BCUT2D eigenvalue weighted by Gasteiger charge is -2.14. The van der Waals surface area contributed by atoms with Crippen LogP contribution in [0.3, 0.4) is 0 Å². The van der Waals surface area contributed by atoms with Gasteiger partial charge in [-0.15, -0.1) is 11.3 Å². The normalized spacial score (nSPS) is 15.6. The number of aromatic nitrogens is 2. The molecule has 0 aliphatic carbocycles. The van der Waals surface area contributed by atoms with Crippen LogP contribution in [0.5, 0.6) is 0 Å². The van der Waals surface area contributed by atoms with Crippen LogP contribution in [-0.4, -0.2) is 42.0 Å². The second kappa shape index (κ2) is 7.16. The number of rotatable bonds is 6. The molecule has 2 aromatic rings. The number of aromatic carboxylic acids is 1. The van der Waals surface area contributed by atoms with E-state index in [4.69, 9.17) is 0 Å². The first-order chi connectivity index (χ1) is 11.9. The molecule has 1 aliphatic rings. The monoisotopic (exact) mass is 382 g/mol. The molecule has 0 unspecified atom stereocenters. The van der Waals surface area contributed by atoms with Crippen LogP contribution in [0.25, 0.3) is 0 Å². The Balaban J connectivity index is 1.87. The third kappa shape index (κ3) is 3.87. The van der Waals surface area contributed by atoms with E-state index < -0.39 is 22.0 Å². The van der Waals surface area contributed by atoms with Gasteiger partial charge in [-0.1, -0.05) is 0 Å². The fourth-order valence-corrected chi connectivity index (χ4v) is 5.95. The zero-order valence-corrected chi connectivity index (χ0v) is 15.2. The number of carbonyl (C=O) groups is 1. The average Bonchev–Trinajstić information content (AvgIpc) is 2.96. The molecule has 0 aromatic carbocycles. The fourth-order valence-electron chi connectivity index (χ4n) is 2.82. The van der Waals surface area contributed by atoms with Crippen molar-refractivity contribution in [2.75, 3.05) is 6.54 Å². The van der Waals surface area contributed by atoms with Gasteiger partial charge in [-0.05, 0) is 25.5 Å². The van der Waals surface area contributed by atoms with Gasteiger partial charge in [-0.3, -0.25) is 9.97 Å². The summed E-state index contributed by atoms with van der Waals surface area (Å²) in [6.45, 7) is 2.84. The Morgan fingerprint density at radius 1 is 1.48 bits per heavy atom. The quantitative estimate of drug-likeness (QED) is 0.675. The molecule has 0 spiro atoms. The summed E-state index contributed by atoms with van der Waals surface area (Å²) in [6, 6.07) is -0.444. The summed E-state index contributed by atoms with van der Waals surface area (Å²) in [6.07, 6.45) is 5.53. The van der Waals surface area contributed by atoms with Crippen molar-refractivity contribution in [1.29, 1.82) is 0 Å². The highest BCUT2D eigenvalue weighted by Crippen LogP contribution is 2.34. The number of thiophene rings is 1. The lowest BCUT2D eigenvalue weighted by Crippen LogP contribution is -2.34. The zero-order valence-electron chi connectivity index (χ0n) is 13.5. The Hall–Kier alpha value is -1.88. The van der Waals surface area contributed by atoms with Crippen LogP contribution in [0, 0.1) is 0 Å². The van der Waals surface area contributed by atoms with Crippen molar-refractivity contribution in [3.8, 4) is 0 Å². The van der Waals surface area contributed by atoms with Crippen LogP contribution in [0.4, 0.5) is 0 Å². The third-order valence-electron chi connectivity index (χ3n) is 3.84. The first kappa shape index (κ1) is 17.9. The summed E-state index contributed by atoms with van der Waals surface area (Å²) in [7, 11) is -3.94. The van der Waals surface area contributed by atoms with Gasteiger partial charge < -0.3 is 10.4 Å². The first-order valence-electron chi connectivity index (χ1n) is 7.74. The van der Waals surface area contributed by atoms with Gasteiger partial charge in [0.1, 0.15) is 4.21 Å². The molecule has 3 heterocycles. The molecular weight excluding hydrogens is 364 g/mol. The van der Waals surface area contributed by atoms with E-state index in [1.54, 1.807) is 25.5 Å². The van der Waals surface area contributed by atoms with Crippen molar-refractivity contribution in [2.24, 2.45) is 0 Å². The second-order valence-electron chi connectivity index (χ2n) is 5.82. The summed E-state index contributed by atoms with van der Waals surface area (Å²) in [5, 5.41) is 12.7. The average molecular weight is 382 g/mol. The van der Waals surface area contributed by atoms with Crippen LogP contribution in [0.1, 0.15) is 33.4 Å². The molecule has 3 N–H and O–H groups in total. The first-order valence-corrected chi connectivity index (χ1v) is 10.0. The number of sulfonamides is 1. The minimum absolute atomic E-state index is 0.0966. The molecule has 0 bridgehead atoms. The van der Waals surface area contributed by atoms with Crippen molar-refractivity contribution in [3.05, 3.63) is 40.3 Å². The number of nitrogens with one attached hydrogen (secondary N) is 2. The van der Waals surface area contributed by atoms with Crippen LogP contribution in [-0.2, 0) is 29.4 Å². The molecule has 8 nitrogen and oxygen atoms in total. The predicted octanol–water partition coefficient (Wildman–Crippen LogP) is 0.791. The van der Waals surface area contributed by atoms with E-state index in [2.05, 4.69) is 20.0 Å². The zero-order chi connectivity index (χ0) is 18.0. The molecule has 1 atom stereocenters. The van der Waals surface area contributed by atoms with E-state index in [0.29, 0.717) is 37.2 Å². The minimum atomic E-state index is -3.94. The van der Waals surface area contributed by atoms with Crippen LogP contribution >= 0.6 is 11.3 Å². The smallest absolute Gasteiger partial charge is 0.338 e. The molecular formula is C15H18N4O4S2. The van der Waals surface area contributed by atoms with Crippen LogP contribution in [0.15, 0.2) is 22.8 Å². The van der Waals surface area contributed by atoms with Crippen molar-refractivity contribution < 1.29 is 18.3 Å². The number of nitrogens with zero attached hydrogens (tertiary/aromatic N) is 2. The lowest BCUT2D eigenvalue weighted by atomic mass is 10.1. The van der Waals surface area contributed by atoms with E-state index >= 15 is 0 Å². The number of hydrogen-bond donors (Lipinski definition) is 3. The molecule has 0 radical (unpaired) electrons. The van der Waals surface area contributed by atoms with E-state index in [9.17, 15) is 18.3 Å². The topological polar surface area (TPSA) is 121 Å². The van der Waals surface area contributed by atoms with Gasteiger partial charge in [0.15, 0.2) is 0 Å². The molecule has 25 heavy (non-hydrogen) atoms. The van der Waals surface area contributed by atoms with Gasteiger partial charge >= 0.3 is 5.97 Å². The summed E-state index contributed by atoms with van der Waals surface area (Å²) >= 11 is 1.02. The largest absolute Gasteiger partial charge is 0.478 e. The van der Waals surface area contributed by atoms with E-state index in [-0.39, 0.29) is 9.77 Å². The van der Waals surface area contributed by atoms with Gasteiger partial charge in [0.05, 0.1) is 11.3 Å². The molecule has 0 saturated carbocycles. The molecule has 0 fully saturated rings. The number of hydrogen-bond acceptors (Lipinski definition) is 7. The van der Waals surface area contributed by atoms with Crippen molar-refractivity contribution in [1.82, 2.24) is 20.0 Å². The van der Waals surface area contributed by atoms with E-state index in [1.165, 1.54) is 0 Å². The SMILES string of the molecule is C[C@@H](Cc1cnccn1)NS(=O)(=O)c1sc2c(c1C(=O)O)CCNC2. The molecule has 134 valence electrons. The molecule has 2 aromatic heterocycles. The van der Waals surface area contributed by atoms with Gasteiger partial charge in [-0.25, -0.2) is 17.9 Å². The Labute approximate surface area is 149 Å². The van der Waals surface area contributed by atoms with Crippen LogP contribution in [0.2, 0.25) is 0 Å². The molecule has 1 aliphatic heterocycles. The van der Waals surface area contributed by atoms with Gasteiger partial charge in [0.25, 0.3) is 10.0 Å². The number of fused-ring (bicyclic) bond motifs is 1. The summed E-state index contributed by atoms with van der Waals surface area (Å²) in [4.78, 5) is 20.5. The highest BCUT2D eigenvalue weighted by molar-refractivity contribution is 7.91. The molecule has 0 saturated heterocycles. The summed E-state index contributed by atoms with van der Waals surface area (Å²) in [5.41, 5.74) is 1.18. The fraction of sp³-hybridized carbons (Fsp3) is 0.400. The van der Waals surface area contributed by atoms with Crippen molar-refractivity contribution in [3.63, 3.8) is 0 Å². The lowest BCUT2D eigenvalue weighted by molar-refractivity contribution is 0.0692. The maximum Gasteiger partial charge on any atom is 0.338 e. The molecule has 10 heteroatoms. The van der Waals surface area contributed by atoms with Gasteiger partial charge in [0.2, 0.25) is 0 Å². The Bertz CT molecular complexity index is 880. The number of carboxylic acids is 1. The van der Waals surface area contributed by atoms with E-state index in [0.717, 1.165) is 16.2 Å². The van der Waals surface area contributed by atoms with E-state index in [1.807, 2.05) is 0 Å². The van der Waals surface area contributed by atoms with Crippen molar-refractivity contribution >= 4 is 27.3 Å². The predicted molar refractivity (Wildman–Crippen MR) is 92.2 cm³/mol. The molecule has 0 amide bonds. The second-order valence-corrected chi connectivity index (χ2v) is 8.84. The summed E-state index contributed by atoms with van der Waals surface area (Å²) < 4.78 is 27.9. The maximum atomic E-state index is 12.8. The Morgan fingerprint density at radius 2 is 2.28 bits per heavy atom. The maximum absolute atomic E-state index is 12.8. The standard InChI is InChI=1S/C15H18N4O4S2/c1-9(6-10-7-17-4-5-18-10)19-25(22,23)15-13(14(20)21)11-2-3-16-8-12(11)24-15/h4-5,7,9,16,19H,2-3,6,8H2,1H3,(H,20,21)/t9-/m0/s1. The molecule has 3 rings (SSSR count). The van der Waals surface area contributed by atoms with Crippen LogP contribution < -0.4 is 10.0 Å². The minimum Gasteiger partial charge on any atom is -0.478 e.